The highest BCUT2D eigenvalue weighted by atomic mass is 19.1. The lowest BCUT2D eigenvalue weighted by Gasteiger charge is -2.43. The second kappa shape index (κ2) is 8.57. The van der Waals surface area contributed by atoms with Crippen molar-refractivity contribution < 1.29 is 18.7 Å². The number of nitrogens with one attached hydrogen (secondary N) is 1. The molecular formula is C21H30FN3O3. The number of hydrogen-bond acceptors (Lipinski definition) is 4. The van der Waals surface area contributed by atoms with E-state index in [-0.39, 0.29) is 18.1 Å². The average Bonchev–Trinajstić information content (AvgIpc) is 2.99. The van der Waals surface area contributed by atoms with Gasteiger partial charge in [0.1, 0.15) is 17.6 Å². The topological polar surface area (TPSA) is 61.9 Å². The van der Waals surface area contributed by atoms with Crippen LogP contribution in [0.5, 0.6) is 0 Å². The van der Waals surface area contributed by atoms with Crippen LogP contribution in [0, 0.1) is 11.7 Å². The molecule has 1 heterocycles. The Morgan fingerprint density at radius 3 is 2.79 bits per heavy atom. The monoisotopic (exact) mass is 391 g/mol. The summed E-state index contributed by atoms with van der Waals surface area (Å²) in [5.74, 6) is -0.926. The van der Waals surface area contributed by atoms with Crippen LogP contribution < -0.4 is 5.32 Å². The van der Waals surface area contributed by atoms with Crippen molar-refractivity contribution >= 4 is 11.8 Å². The molecule has 0 bridgehead atoms. The number of ether oxygens (including phenoxy) is 1. The Morgan fingerprint density at radius 2 is 2.11 bits per heavy atom. The maximum Gasteiger partial charge on any atom is 0.259 e. The van der Waals surface area contributed by atoms with Gasteiger partial charge in [0.25, 0.3) is 5.91 Å². The van der Waals surface area contributed by atoms with Crippen LogP contribution in [0.25, 0.3) is 0 Å². The fourth-order valence-electron chi connectivity index (χ4n) is 4.29. The van der Waals surface area contributed by atoms with Crippen molar-refractivity contribution in [1.29, 1.82) is 0 Å². The number of nitrogens with zero attached hydrogens (tertiary/aromatic N) is 2. The fraction of sp³-hybridized carbons (Fsp3) is 0.619. The summed E-state index contributed by atoms with van der Waals surface area (Å²) in [7, 11) is 3.86. The Morgan fingerprint density at radius 1 is 1.36 bits per heavy atom. The van der Waals surface area contributed by atoms with E-state index in [1.165, 1.54) is 17.0 Å². The van der Waals surface area contributed by atoms with Gasteiger partial charge in [0.2, 0.25) is 5.91 Å². The van der Waals surface area contributed by atoms with Crippen LogP contribution in [-0.2, 0) is 9.53 Å². The molecule has 0 unspecified atom stereocenters. The molecule has 3 rings (SSSR count). The van der Waals surface area contributed by atoms with E-state index in [1.807, 2.05) is 19.0 Å². The van der Waals surface area contributed by atoms with Crippen LogP contribution in [0.15, 0.2) is 24.3 Å². The first-order valence-electron chi connectivity index (χ1n) is 9.98. The summed E-state index contributed by atoms with van der Waals surface area (Å²) in [6.07, 6.45) is 3.30. The third-order valence-electron chi connectivity index (χ3n) is 5.68. The van der Waals surface area contributed by atoms with Crippen LogP contribution in [0.1, 0.15) is 43.0 Å². The van der Waals surface area contributed by atoms with Gasteiger partial charge in [-0.05, 0) is 51.4 Å². The molecule has 1 saturated heterocycles. The second-order valence-corrected chi connectivity index (χ2v) is 8.22. The summed E-state index contributed by atoms with van der Waals surface area (Å²) in [4.78, 5) is 29.7. The Kier molecular flexibility index (Phi) is 6.35. The van der Waals surface area contributed by atoms with Gasteiger partial charge < -0.3 is 15.0 Å². The minimum absolute atomic E-state index is 0.0170. The number of halogens is 1. The van der Waals surface area contributed by atoms with Gasteiger partial charge >= 0.3 is 0 Å². The van der Waals surface area contributed by atoms with E-state index < -0.39 is 23.5 Å². The van der Waals surface area contributed by atoms with Gasteiger partial charge in [0, 0.05) is 13.1 Å². The van der Waals surface area contributed by atoms with E-state index in [4.69, 9.17) is 4.74 Å². The lowest BCUT2D eigenvalue weighted by atomic mass is 9.83. The highest BCUT2D eigenvalue weighted by Gasteiger charge is 2.54. The molecule has 1 aromatic rings. The number of carbonyl (C=O) groups excluding carboxylic acids is 2. The largest absolute Gasteiger partial charge is 0.353 e. The van der Waals surface area contributed by atoms with Gasteiger partial charge in [-0.15, -0.1) is 0 Å². The van der Waals surface area contributed by atoms with Crippen molar-refractivity contribution in [2.45, 2.75) is 44.4 Å². The fourth-order valence-corrected chi connectivity index (χ4v) is 4.29. The smallest absolute Gasteiger partial charge is 0.259 e. The first-order valence-corrected chi connectivity index (χ1v) is 9.98. The predicted octanol–water partition coefficient (Wildman–Crippen LogP) is 2.25. The van der Waals surface area contributed by atoms with Crippen molar-refractivity contribution in [2.75, 3.05) is 33.8 Å². The minimum Gasteiger partial charge on any atom is -0.353 e. The molecule has 1 N–H and O–H groups in total. The predicted molar refractivity (Wildman–Crippen MR) is 104 cm³/mol. The zero-order valence-corrected chi connectivity index (χ0v) is 16.9. The SMILES string of the molecule is C[C@H]1CCC[C@]2(C1)OC[C@@H](C(=O)NCCN(C)C)N2C(=O)c1ccccc1F. The minimum atomic E-state index is -0.833. The Hall–Kier alpha value is -1.99. The van der Waals surface area contributed by atoms with Gasteiger partial charge in [-0.1, -0.05) is 25.5 Å². The summed E-state index contributed by atoms with van der Waals surface area (Å²) in [6.45, 7) is 3.44. The number of benzene rings is 1. The quantitative estimate of drug-likeness (QED) is 0.836. The van der Waals surface area contributed by atoms with Crippen LogP contribution in [0.3, 0.4) is 0 Å². The van der Waals surface area contributed by atoms with Gasteiger partial charge in [0.15, 0.2) is 0 Å². The molecule has 1 spiro atoms. The van der Waals surface area contributed by atoms with Crippen molar-refractivity contribution in [2.24, 2.45) is 5.92 Å². The van der Waals surface area contributed by atoms with Crippen LogP contribution >= 0.6 is 0 Å². The van der Waals surface area contributed by atoms with Crippen LogP contribution in [0.2, 0.25) is 0 Å². The molecule has 1 aliphatic heterocycles. The summed E-state index contributed by atoms with van der Waals surface area (Å²) in [5, 5.41) is 2.89. The number of likely N-dealkylation sites (N-methyl/N-ethyl adjacent to an activating group) is 1. The zero-order valence-electron chi connectivity index (χ0n) is 16.9. The molecule has 2 aliphatic rings. The van der Waals surface area contributed by atoms with Crippen LogP contribution in [-0.4, -0.2) is 67.2 Å². The van der Waals surface area contributed by atoms with Crippen molar-refractivity contribution in [3.63, 3.8) is 0 Å². The van der Waals surface area contributed by atoms with E-state index in [0.29, 0.717) is 31.8 Å². The molecule has 2 fully saturated rings. The van der Waals surface area contributed by atoms with E-state index in [2.05, 4.69) is 12.2 Å². The molecule has 0 aromatic heterocycles. The first kappa shape index (κ1) is 20.7. The molecule has 28 heavy (non-hydrogen) atoms. The second-order valence-electron chi connectivity index (χ2n) is 8.22. The van der Waals surface area contributed by atoms with Crippen LogP contribution in [0.4, 0.5) is 4.39 Å². The maximum atomic E-state index is 14.4. The molecule has 1 aromatic carbocycles. The van der Waals surface area contributed by atoms with E-state index in [0.717, 1.165) is 12.8 Å². The Bertz CT molecular complexity index is 727. The molecule has 7 heteroatoms. The third kappa shape index (κ3) is 4.20. The van der Waals surface area contributed by atoms with E-state index in [1.54, 1.807) is 12.1 Å². The zero-order chi connectivity index (χ0) is 20.3. The molecule has 154 valence electrons. The molecule has 1 saturated carbocycles. The van der Waals surface area contributed by atoms with Gasteiger partial charge in [0.05, 0.1) is 12.2 Å². The standard InChI is InChI=1S/C21H30FN3O3/c1-15-7-6-10-21(13-15)25(20(27)16-8-4-5-9-17(16)22)18(14-28-21)19(26)23-11-12-24(2)3/h4-5,8-9,15,18H,6-7,10-14H2,1-3H3,(H,23,26)/t15-,18-,21+/m0/s1. The van der Waals surface area contributed by atoms with E-state index >= 15 is 0 Å². The molecule has 2 amide bonds. The number of hydrogen-bond donors (Lipinski definition) is 1. The maximum absolute atomic E-state index is 14.4. The number of rotatable bonds is 5. The number of amides is 2. The Labute approximate surface area is 166 Å². The van der Waals surface area contributed by atoms with Crippen molar-refractivity contribution in [3.05, 3.63) is 35.6 Å². The summed E-state index contributed by atoms with van der Waals surface area (Å²) in [5.41, 5.74) is -0.850. The summed E-state index contributed by atoms with van der Waals surface area (Å²) >= 11 is 0. The molecule has 1 aliphatic carbocycles. The Balaban J connectivity index is 1.88. The number of carbonyl (C=O) groups is 2. The molecule has 6 nitrogen and oxygen atoms in total. The molecule has 0 radical (unpaired) electrons. The first-order chi connectivity index (χ1) is 13.3. The van der Waals surface area contributed by atoms with Gasteiger partial charge in [-0.25, -0.2) is 4.39 Å². The van der Waals surface area contributed by atoms with Gasteiger partial charge in [-0.2, -0.15) is 0 Å². The van der Waals surface area contributed by atoms with Gasteiger partial charge in [-0.3, -0.25) is 14.5 Å². The summed E-state index contributed by atoms with van der Waals surface area (Å²) in [6, 6.07) is 5.18. The normalized spacial score (nSPS) is 27.4. The average molecular weight is 391 g/mol. The third-order valence-corrected chi connectivity index (χ3v) is 5.68. The van der Waals surface area contributed by atoms with E-state index in [9.17, 15) is 14.0 Å². The lowest BCUT2D eigenvalue weighted by molar-refractivity contribution is -0.128. The summed E-state index contributed by atoms with van der Waals surface area (Å²) < 4.78 is 20.5. The highest BCUT2D eigenvalue weighted by molar-refractivity contribution is 5.98. The van der Waals surface area contributed by atoms with Crippen molar-refractivity contribution in [1.82, 2.24) is 15.1 Å². The highest BCUT2D eigenvalue weighted by Crippen LogP contribution is 2.43. The lowest BCUT2D eigenvalue weighted by Crippen LogP contribution is -2.57. The molecule has 3 atom stereocenters. The molecular weight excluding hydrogens is 361 g/mol. The van der Waals surface area contributed by atoms with Crippen molar-refractivity contribution in [3.8, 4) is 0 Å².